The van der Waals surface area contributed by atoms with Crippen molar-refractivity contribution in [2.24, 2.45) is 0 Å². The van der Waals surface area contributed by atoms with Crippen molar-refractivity contribution in [3.8, 4) is 23.1 Å². The van der Waals surface area contributed by atoms with Crippen LogP contribution in [0.4, 0.5) is 10.1 Å². The van der Waals surface area contributed by atoms with Gasteiger partial charge in [0.05, 0.1) is 47.8 Å². The van der Waals surface area contributed by atoms with Crippen LogP contribution in [0, 0.1) is 24.1 Å². The standard InChI is InChI=1S/C30H26FN7O2/c1-18-16-37(27-8-7-23(31)11-25(18)27)24-10-21(13-34-14-24)17-38-28(22-6-4-5-20(9-22)12-32)35-15-26(30(38)40)36-29(39)19(2)33-3/h4-11,13-16,19,33H,17H2,1-3H3,(H,36,39). The van der Waals surface area contributed by atoms with Crippen molar-refractivity contribution in [1.82, 2.24) is 24.4 Å². The molecular formula is C30H26FN7O2. The van der Waals surface area contributed by atoms with Crippen LogP contribution in [-0.2, 0) is 11.3 Å². The molecule has 0 fully saturated rings. The van der Waals surface area contributed by atoms with E-state index in [1.54, 1.807) is 56.7 Å². The molecule has 0 saturated carbocycles. The Morgan fingerprint density at radius 1 is 1.15 bits per heavy atom. The summed E-state index contributed by atoms with van der Waals surface area (Å²) in [5.41, 5.74) is 3.77. The van der Waals surface area contributed by atoms with Crippen LogP contribution in [0.2, 0.25) is 0 Å². The molecule has 3 aromatic heterocycles. The van der Waals surface area contributed by atoms with E-state index in [0.29, 0.717) is 22.5 Å². The van der Waals surface area contributed by atoms with Gasteiger partial charge in [0.1, 0.15) is 17.3 Å². The van der Waals surface area contributed by atoms with Gasteiger partial charge in [-0.15, -0.1) is 0 Å². The number of rotatable bonds is 7. The number of aromatic nitrogens is 4. The lowest BCUT2D eigenvalue weighted by atomic mass is 10.1. The number of likely N-dealkylation sites (N-methyl/N-ethyl adjacent to an activating group) is 1. The molecule has 0 aliphatic rings. The largest absolute Gasteiger partial charge is 0.319 e. The molecule has 5 rings (SSSR count). The Morgan fingerprint density at radius 2 is 1.98 bits per heavy atom. The van der Waals surface area contributed by atoms with E-state index in [4.69, 9.17) is 0 Å². The Hall–Kier alpha value is -5.14. The van der Waals surface area contributed by atoms with Gasteiger partial charge in [0, 0.05) is 23.3 Å². The number of aryl methyl sites for hydroxylation is 1. The minimum atomic E-state index is -0.519. The van der Waals surface area contributed by atoms with E-state index < -0.39 is 11.6 Å². The topological polar surface area (TPSA) is 118 Å². The molecule has 2 aromatic carbocycles. The van der Waals surface area contributed by atoms with E-state index in [9.17, 15) is 19.2 Å². The number of hydrogen-bond acceptors (Lipinski definition) is 6. The molecule has 9 nitrogen and oxygen atoms in total. The number of amides is 1. The number of fused-ring (bicyclic) bond motifs is 1. The summed E-state index contributed by atoms with van der Waals surface area (Å²) in [5.74, 6) is -0.344. The van der Waals surface area contributed by atoms with E-state index >= 15 is 0 Å². The Bertz CT molecular complexity index is 1850. The van der Waals surface area contributed by atoms with E-state index in [1.807, 2.05) is 23.8 Å². The second-order valence-electron chi connectivity index (χ2n) is 9.47. The number of halogens is 1. The highest BCUT2D eigenvalue weighted by atomic mass is 19.1. The molecule has 0 saturated heterocycles. The molecule has 0 aliphatic carbocycles. The highest BCUT2D eigenvalue weighted by molar-refractivity contribution is 5.94. The van der Waals surface area contributed by atoms with Crippen LogP contribution in [-0.4, -0.2) is 38.1 Å². The first kappa shape index (κ1) is 26.5. The fraction of sp³-hybridized carbons (Fsp3) is 0.167. The molecule has 200 valence electrons. The molecule has 1 unspecified atom stereocenters. The zero-order valence-corrected chi connectivity index (χ0v) is 22.1. The van der Waals surface area contributed by atoms with Crippen molar-refractivity contribution in [1.29, 1.82) is 5.26 Å². The van der Waals surface area contributed by atoms with Gasteiger partial charge in [-0.05, 0) is 68.4 Å². The summed E-state index contributed by atoms with van der Waals surface area (Å²) in [6.07, 6.45) is 6.59. The smallest absolute Gasteiger partial charge is 0.277 e. The van der Waals surface area contributed by atoms with Crippen LogP contribution in [0.25, 0.3) is 28.0 Å². The number of nitrogens with zero attached hydrogens (tertiary/aromatic N) is 5. The van der Waals surface area contributed by atoms with Gasteiger partial charge in [0.2, 0.25) is 5.91 Å². The number of carbonyl (C=O) groups is 1. The number of hydrogen-bond donors (Lipinski definition) is 2. The number of pyridine rings is 1. The molecule has 10 heteroatoms. The van der Waals surface area contributed by atoms with E-state index in [2.05, 4.69) is 26.7 Å². The van der Waals surface area contributed by atoms with Crippen molar-refractivity contribution in [2.45, 2.75) is 26.4 Å². The second kappa shape index (κ2) is 10.9. The highest BCUT2D eigenvalue weighted by Crippen LogP contribution is 2.26. The third-order valence-electron chi connectivity index (χ3n) is 6.75. The van der Waals surface area contributed by atoms with Gasteiger partial charge in [0.25, 0.3) is 5.56 Å². The lowest BCUT2D eigenvalue weighted by Crippen LogP contribution is -2.38. The Kier molecular flexibility index (Phi) is 7.23. The van der Waals surface area contributed by atoms with Gasteiger partial charge in [-0.3, -0.25) is 19.1 Å². The van der Waals surface area contributed by atoms with Gasteiger partial charge in [-0.2, -0.15) is 5.26 Å². The predicted octanol–water partition coefficient (Wildman–Crippen LogP) is 4.16. The molecule has 5 aromatic rings. The van der Waals surface area contributed by atoms with Crippen LogP contribution >= 0.6 is 0 Å². The SMILES string of the molecule is CNC(C)C(=O)Nc1cnc(-c2cccc(C#N)c2)n(Cc2cncc(-n3cc(C)c4cc(F)ccc43)c2)c1=O. The number of anilines is 1. The van der Waals surface area contributed by atoms with Gasteiger partial charge < -0.3 is 15.2 Å². The first-order valence-electron chi connectivity index (χ1n) is 12.6. The molecular weight excluding hydrogens is 509 g/mol. The molecule has 0 radical (unpaired) electrons. The Labute approximate surface area is 229 Å². The van der Waals surface area contributed by atoms with Crippen molar-refractivity contribution in [2.75, 3.05) is 12.4 Å². The van der Waals surface area contributed by atoms with Crippen LogP contribution < -0.4 is 16.2 Å². The van der Waals surface area contributed by atoms with Crippen LogP contribution in [0.3, 0.4) is 0 Å². The first-order valence-corrected chi connectivity index (χ1v) is 12.6. The van der Waals surface area contributed by atoms with Crippen LogP contribution in [0.15, 0.2) is 78.1 Å². The predicted molar refractivity (Wildman–Crippen MR) is 151 cm³/mol. The van der Waals surface area contributed by atoms with Gasteiger partial charge in [0.15, 0.2) is 0 Å². The monoisotopic (exact) mass is 535 g/mol. The normalized spacial score (nSPS) is 11.8. The molecule has 1 amide bonds. The van der Waals surface area contributed by atoms with Gasteiger partial charge in [-0.25, -0.2) is 9.37 Å². The molecule has 0 spiro atoms. The number of nitrogens with one attached hydrogen (secondary N) is 2. The molecule has 0 bridgehead atoms. The Morgan fingerprint density at radius 3 is 2.75 bits per heavy atom. The van der Waals surface area contributed by atoms with Crippen molar-refractivity contribution >= 4 is 22.5 Å². The minimum absolute atomic E-state index is 0.0328. The number of nitriles is 1. The maximum absolute atomic E-state index is 13.9. The van der Waals surface area contributed by atoms with Crippen molar-refractivity contribution in [3.63, 3.8) is 0 Å². The average Bonchev–Trinajstić information content (AvgIpc) is 3.30. The third-order valence-corrected chi connectivity index (χ3v) is 6.75. The van der Waals surface area contributed by atoms with Crippen LogP contribution in [0.5, 0.6) is 0 Å². The molecule has 40 heavy (non-hydrogen) atoms. The third kappa shape index (κ3) is 5.10. The lowest BCUT2D eigenvalue weighted by molar-refractivity contribution is -0.117. The lowest BCUT2D eigenvalue weighted by Gasteiger charge is -2.16. The zero-order valence-electron chi connectivity index (χ0n) is 22.1. The average molecular weight is 536 g/mol. The van der Waals surface area contributed by atoms with Gasteiger partial charge in [-0.1, -0.05) is 12.1 Å². The summed E-state index contributed by atoms with van der Waals surface area (Å²) in [5, 5.41) is 15.7. The molecule has 0 aliphatic heterocycles. The molecule has 2 N–H and O–H groups in total. The minimum Gasteiger partial charge on any atom is -0.319 e. The summed E-state index contributed by atoms with van der Waals surface area (Å²) in [6.45, 7) is 3.69. The first-order chi connectivity index (χ1) is 19.3. The Balaban J connectivity index is 1.60. The van der Waals surface area contributed by atoms with E-state index in [1.165, 1.54) is 22.9 Å². The van der Waals surface area contributed by atoms with Crippen molar-refractivity contribution in [3.05, 3.63) is 106 Å². The maximum Gasteiger partial charge on any atom is 0.277 e. The fourth-order valence-corrected chi connectivity index (χ4v) is 4.51. The summed E-state index contributed by atoms with van der Waals surface area (Å²) in [4.78, 5) is 35.1. The summed E-state index contributed by atoms with van der Waals surface area (Å²) >= 11 is 0. The van der Waals surface area contributed by atoms with Crippen LogP contribution in [0.1, 0.15) is 23.6 Å². The molecule has 1 atom stereocenters. The van der Waals surface area contributed by atoms with Gasteiger partial charge >= 0.3 is 0 Å². The number of benzene rings is 2. The zero-order chi connectivity index (χ0) is 28.4. The van der Waals surface area contributed by atoms with Crippen molar-refractivity contribution < 1.29 is 9.18 Å². The summed E-state index contributed by atoms with van der Waals surface area (Å²) in [7, 11) is 1.65. The maximum atomic E-state index is 13.9. The summed E-state index contributed by atoms with van der Waals surface area (Å²) < 4.78 is 17.2. The quantitative estimate of drug-likeness (QED) is 0.323. The molecule has 3 heterocycles. The highest BCUT2D eigenvalue weighted by Gasteiger charge is 2.18. The number of carbonyl (C=O) groups excluding carboxylic acids is 1. The van der Waals surface area contributed by atoms with E-state index in [0.717, 1.165) is 22.2 Å². The van der Waals surface area contributed by atoms with E-state index in [-0.39, 0.29) is 24.0 Å². The fourth-order valence-electron chi connectivity index (χ4n) is 4.51. The second-order valence-corrected chi connectivity index (χ2v) is 9.47. The summed E-state index contributed by atoms with van der Waals surface area (Å²) in [6, 6.07) is 14.9.